The fourth-order valence-corrected chi connectivity index (χ4v) is 2.24. The number of carbonyl (C=O) groups excluding carboxylic acids is 2. The summed E-state index contributed by atoms with van der Waals surface area (Å²) < 4.78 is 15.6. The minimum atomic E-state index is -0.657. The number of benzene rings is 1. The third kappa shape index (κ3) is 6.31. The average Bonchev–Trinajstić information content (AvgIpc) is 2.67. The first-order valence-electron chi connectivity index (χ1n) is 8.09. The number of anilines is 1. The van der Waals surface area contributed by atoms with E-state index in [1.807, 2.05) is 6.92 Å². The summed E-state index contributed by atoms with van der Waals surface area (Å²) >= 11 is 5.84. The fourth-order valence-electron chi connectivity index (χ4n) is 2.08. The van der Waals surface area contributed by atoms with Crippen molar-refractivity contribution in [3.8, 4) is 11.5 Å². The van der Waals surface area contributed by atoms with Crippen LogP contribution in [-0.4, -0.2) is 37.2 Å². The molecule has 2 aromatic rings. The molecule has 0 aliphatic rings. The van der Waals surface area contributed by atoms with Crippen LogP contribution in [0.3, 0.4) is 0 Å². The van der Waals surface area contributed by atoms with E-state index in [0.29, 0.717) is 23.8 Å². The number of amides is 1. The number of ether oxygens (including phenoxy) is 3. The highest BCUT2D eigenvalue weighted by Gasteiger charge is 2.09. The van der Waals surface area contributed by atoms with E-state index in [0.717, 1.165) is 5.56 Å². The lowest BCUT2D eigenvalue weighted by Gasteiger charge is -2.09. The summed E-state index contributed by atoms with van der Waals surface area (Å²) in [6.07, 6.45) is 4.27. The summed E-state index contributed by atoms with van der Waals surface area (Å²) in [6.45, 7) is 1.95. The van der Waals surface area contributed by atoms with Gasteiger partial charge in [-0.25, -0.2) is 9.78 Å². The van der Waals surface area contributed by atoms with E-state index in [4.69, 9.17) is 25.8 Å². The van der Waals surface area contributed by atoms with Crippen LogP contribution in [0, 0.1) is 0 Å². The number of pyridine rings is 1. The van der Waals surface area contributed by atoms with Gasteiger partial charge in [0.2, 0.25) is 0 Å². The molecule has 0 aliphatic heterocycles. The lowest BCUT2D eigenvalue weighted by atomic mass is 10.2. The van der Waals surface area contributed by atoms with E-state index in [9.17, 15) is 9.59 Å². The second kappa shape index (κ2) is 10.2. The molecule has 0 bridgehead atoms. The summed E-state index contributed by atoms with van der Waals surface area (Å²) in [7, 11) is 1.53. The van der Waals surface area contributed by atoms with E-state index >= 15 is 0 Å². The van der Waals surface area contributed by atoms with Crippen molar-refractivity contribution in [2.75, 3.05) is 25.6 Å². The molecule has 1 aromatic heterocycles. The lowest BCUT2D eigenvalue weighted by molar-refractivity contribution is -0.142. The Morgan fingerprint density at radius 3 is 2.78 bits per heavy atom. The highest BCUT2D eigenvalue weighted by molar-refractivity contribution is 6.32. The summed E-state index contributed by atoms with van der Waals surface area (Å²) in [4.78, 5) is 27.4. The van der Waals surface area contributed by atoms with Gasteiger partial charge in [-0.05, 0) is 42.8 Å². The van der Waals surface area contributed by atoms with Gasteiger partial charge >= 0.3 is 5.97 Å². The van der Waals surface area contributed by atoms with Gasteiger partial charge in [-0.2, -0.15) is 0 Å². The van der Waals surface area contributed by atoms with Gasteiger partial charge < -0.3 is 19.5 Å². The Labute approximate surface area is 161 Å². The topological polar surface area (TPSA) is 86.8 Å². The second-order valence-electron chi connectivity index (χ2n) is 5.17. The number of methoxy groups -OCH3 is 1. The molecule has 0 unspecified atom stereocenters. The highest BCUT2D eigenvalue weighted by atomic mass is 35.5. The number of hydrogen-bond donors (Lipinski definition) is 1. The van der Waals surface area contributed by atoms with Crippen LogP contribution < -0.4 is 14.8 Å². The van der Waals surface area contributed by atoms with Gasteiger partial charge in [-0.3, -0.25) is 4.79 Å². The third-order valence-corrected chi connectivity index (χ3v) is 3.58. The summed E-state index contributed by atoms with van der Waals surface area (Å²) in [5.74, 6) is -0.00442. The van der Waals surface area contributed by atoms with E-state index in [2.05, 4.69) is 10.3 Å². The molecule has 0 spiro atoms. The number of aromatic nitrogens is 1. The molecular formula is C19H19ClN2O5. The standard InChI is InChI=1S/C19H19ClN2O5/c1-3-26-15-8-6-13(11-16(15)25-2)7-9-18(24)27-12-17(23)22-14-5-4-10-21-19(14)20/h4-11H,3,12H2,1-2H3,(H,22,23)/b9-7+. The fraction of sp³-hybridized carbons (Fsp3) is 0.211. The molecule has 0 saturated carbocycles. The molecule has 0 fully saturated rings. The van der Waals surface area contributed by atoms with Crippen molar-refractivity contribution in [2.45, 2.75) is 6.92 Å². The summed E-state index contributed by atoms with van der Waals surface area (Å²) in [5, 5.41) is 2.66. The quantitative estimate of drug-likeness (QED) is 0.422. The van der Waals surface area contributed by atoms with Gasteiger partial charge in [0.25, 0.3) is 5.91 Å². The largest absolute Gasteiger partial charge is 0.493 e. The van der Waals surface area contributed by atoms with Gasteiger partial charge in [-0.15, -0.1) is 0 Å². The number of esters is 1. The van der Waals surface area contributed by atoms with E-state index in [1.165, 1.54) is 19.4 Å². The summed E-state index contributed by atoms with van der Waals surface area (Å²) in [5.41, 5.74) is 1.07. The predicted octanol–water partition coefficient (Wildman–Crippen LogP) is 3.34. The number of nitrogens with one attached hydrogen (secondary N) is 1. The average molecular weight is 391 g/mol. The Bertz CT molecular complexity index is 839. The minimum absolute atomic E-state index is 0.154. The molecule has 8 heteroatoms. The first-order valence-corrected chi connectivity index (χ1v) is 8.47. The monoisotopic (exact) mass is 390 g/mol. The molecule has 1 N–H and O–H groups in total. The van der Waals surface area contributed by atoms with Crippen molar-refractivity contribution in [2.24, 2.45) is 0 Å². The van der Waals surface area contributed by atoms with Gasteiger partial charge in [-0.1, -0.05) is 17.7 Å². The lowest BCUT2D eigenvalue weighted by Crippen LogP contribution is -2.20. The maximum Gasteiger partial charge on any atom is 0.331 e. The number of nitrogens with zero attached hydrogens (tertiary/aromatic N) is 1. The van der Waals surface area contributed by atoms with E-state index < -0.39 is 18.5 Å². The van der Waals surface area contributed by atoms with Gasteiger partial charge in [0.05, 0.1) is 19.4 Å². The first kappa shape index (κ1) is 20.3. The smallest absolute Gasteiger partial charge is 0.331 e. The Hall–Kier alpha value is -3.06. The van der Waals surface area contributed by atoms with E-state index in [1.54, 1.807) is 36.4 Å². The molecular weight excluding hydrogens is 372 g/mol. The van der Waals surface area contributed by atoms with Crippen LogP contribution in [-0.2, 0) is 14.3 Å². The second-order valence-corrected chi connectivity index (χ2v) is 5.53. The molecule has 0 radical (unpaired) electrons. The van der Waals surface area contributed by atoms with Gasteiger partial charge in [0.15, 0.2) is 23.3 Å². The molecule has 142 valence electrons. The van der Waals surface area contributed by atoms with E-state index in [-0.39, 0.29) is 5.15 Å². The zero-order valence-electron chi connectivity index (χ0n) is 14.9. The Balaban J connectivity index is 1.88. The van der Waals surface area contributed by atoms with Crippen LogP contribution in [0.4, 0.5) is 5.69 Å². The Kier molecular flexibility index (Phi) is 7.63. The van der Waals surface area contributed by atoms with Crippen LogP contribution in [0.5, 0.6) is 11.5 Å². The normalized spacial score (nSPS) is 10.5. The molecule has 27 heavy (non-hydrogen) atoms. The number of carbonyl (C=O) groups is 2. The first-order chi connectivity index (χ1) is 13.0. The van der Waals surface area contributed by atoms with Crippen molar-refractivity contribution in [3.63, 3.8) is 0 Å². The van der Waals surface area contributed by atoms with Gasteiger partial charge in [0.1, 0.15) is 0 Å². The van der Waals surface area contributed by atoms with Crippen molar-refractivity contribution >= 4 is 35.2 Å². The highest BCUT2D eigenvalue weighted by Crippen LogP contribution is 2.28. The SMILES string of the molecule is CCOc1ccc(/C=C/C(=O)OCC(=O)Nc2cccnc2Cl)cc1OC. The van der Waals surface area contributed by atoms with Crippen LogP contribution in [0.1, 0.15) is 12.5 Å². The van der Waals surface area contributed by atoms with Crippen LogP contribution >= 0.6 is 11.6 Å². The van der Waals surface area contributed by atoms with Crippen molar-refractivity contribution in [1.82, 2.24) is 4.98 Å². The Morgan fingerprint density at radius 2 is 2.07 bits per heavy atom. The number of hydrogen-bond acceptors (Lipinski definition) is 6. The van der Waals surface area contributed by atoms with Gasteiger partial charge in [0, 0.05) is 12.3 Å². The van der Waals surface area contributed by atoms with Crippen molar-refractivity contribution in [1.29, 1.82) is 0 Å². The van der Waals surface area contributed by atoms with Crippen LogP contribution in [0.2, 0.25) is 5.15 Å². The third-order valence-electron chi connectivity index (χ3n) is 3.28. The molecule has 1 aromatic carbocycles. The van der Waals surface area contributed by atoms with Crippen molar-refractivity contribution in [3.05, 3.63) is 53.3 Å². The molecule has 1 amide bonds. The molecule has 7 nitrogen and oxygen atoms in total. The zero-order chi connectivity index (χ0) is 19.6. The Morgan fingerprint density at radius 1 is 1.26 bits per heavy atom. The molecule has 0 saturated heterocycles. The van der Waals surface area contributed by atoms with Crippen LogP contribution in [0.25, 0.3) is 6.08 Å². The molecule has 2 rings (SSSR count). The minimum Gasteiger partial charge on any atom is -0.493 e. The maximum atomic E-state index is 11.8. The number of halogens is 1. The molecule has 0 aliphatic carbocycles. The molecule has 0 atom stereocenters. The summed E-state index contributed by atoms with van der Waals surface area (Å²) in [6, 6.07) is 8.47. The van der Waals surface area contributed by atoms with Crippen molar-refractivity contribution < 1.29 is 23.8 Å². The maximum absolute atomic E-state index is 11.8. The zero-order valence-corrected chi connectivity index (χ0v) is 15.7. The predicted molar refractivity (Wildman–Crippen MR) is 102 cm³/mol. The number of rotatable bonds is 8. The van der Waals surface area contributed by atoms with Crippen LogP contribution in [0.15, 0.2) is 42.6 Å². The molecule has 1 heterocycles.